The molecule has 0 aliphatic heterocycles. The third kappa shape index (κ3) is 11.2. The minimum absolute atomic E-state index is 0.160. The van der Waals surface area contributed by atoms with Crippen molar-refractivity contribution in [2.24, 2.45) is 0 Å². The third-order valence-corrected chi connectivity index (χ3v) is 5.69. The number of ether oxygens (including phenoxy) is 2. The summed E-state index contributed by atoms with van der Waals surface area (Å²) in [5.74, 6) is -1.89. The van der Waals surface area contributed by atoms with Crippen LogP contribution >= 0.6 is 0 Å². The van der Waals surface area contributed by atoms with E-state index >= 15 is 0 Å². The summed E-state index contributed by atoms with van der Waals surface area (Å²) in [5.41, 5.74) is -0.311. The third-order valence-electron chi connectivity index (χ3n) is 5.69. The second-order valence-electron chi connectivity index (χ2n) is 11.7. The largest absolute Gasteiger partial charge is 0.458 e. The predicted octanol–water partition coefficient (Wildman–Crippen LogP) is 3.53. The van der Waals surface area contributed by atoms with Crippen molar-refractivity contribution in [2.75, 3.05) is 13.2 Å². The molecule has 10 nitrogen and oxygen atoms in total. The van der Waals surface area contributed by atoms with Crippen LogP contribution in [0, 0.1) is 0 Å². The first kappa shape index (κ1) is 33.3. The van der Waals surface area contributed by atoms with Crippen molar-refractivity contribution in [1.82, 2.24) is 15.5 Å². The molecule has 0 aromatic heterocycles. The van der Waals surface area contributed by atoms with E-state index in [4.69, 9.17) is 9.47 Å². The van der Waals surface area contributed by atoms with Gasteiger partial charge in [0.15, 0.2) is 0 Å². The Morgan fingerprint density at radius 3 is 1.88 bits per heavy atom. The highest BCUT2D eigenvalue weighted by molar-refractivity contribution is 5.93. The van der Waals surface area contributed by atoms with Crippen LogP contribution in [0.25, 0.3) is 0 Å². The molecule has 0 saturated heterocycles. The fraction of sp³-hybridized carbons (Fsp3) is 0.484. The summed E-state index contributed by atoms with van der Waals surface area (Å²) in [4.78, 5) is 54.3. The van der Waals surface area contributed by atoms with Gasteiger partial charge in [0.05, 0.1) is 6.61 Å². The normalized spacial score (nSPS) is 13.8. The van der Waals surface area contributed by atoms with Gasteiger partial charge in [-0.05, 0) is 59.6 Å². The topological polar surface area (TPSA) is 134 Å². The predicted molar refractivity (Wildman–Crippen MR) is 155 cm³/mol. The highest BCUT2D eigenvalue weighted by Crippen LogP contribution is 2.23. The summed E-state index contributed by atoms with van der Waals surface area (Å²) >= 11 is 0. The Morgan fingerprint density at radius 1 is 0.829 bits per heavy atom. The molecule has 0 fully saturated rings. The van der Waals surface area contributed by atoms with E-state index in [0.29, 0.717) is 5.56 Å². The van der Waals surface area contributed by atoms with Crippen LogP contribution in [0.4, 0.5) is 4.79 Å². The molecular formula is C31H43N3O7. The summed E-state index contributed by atoms with van der Waals surface area (Å²) in [5, 5.41) is 15.1. The molecule has 41 heavy (non-hydrogen) atoms. The van der Waals surface area contributed by atoms with Crippen LogP contribution in [-0.4, -0.2) is 70.3 Å². The number of hydrogen-bond acceptors (Lipinski definition) is 7. The highest BCUT2D eigenvalue weighted by atomic mass is 16.6. The van der Waals surface area contributed by atoms with Crippen molar-refractivity contribution in [2.45, 2.75) is 84.2 Å². The Hall–Kier alpha value is -3.92. The first-order chi connectivity index (χ1) is 19.1. The zero-order valence-electron chi connectivity index (χ0n) is 25.0. The van der Waals surface area contributed by atoms with Gasteiger partial charge < -0.3 is 30.1 Å². The Kier molecular flexibility index (Phi) is 11.9. The summed E-state index contributed by atoms with van der Waals surface area (Å²) in [6, 6.07) is 14.4. The molecular weight excluding hydrogens is 526 g/mol. The van der Waals surface area contributed by atoms with Crippen LogP contribution < -0.4 is 10.6 Å². The molecule has 0 heterocycles. The number of alkyl carbamates (subject to hydrolysis) is 1. The lowest BCUT2D eigenvalue weighted by Gasteiger charge is -2.34. The Balaban J connectivity index is 2.43. The lowest BCUT2D eigenvalue weighted by atomic mass is 10.0. The molecule has 0 bridgehead atoms. The van der Waals surface area contributed by atoms with Crippen LogP contribution in [0.5, 0.6) is 0 Å². The minimum atomic E-state index is -1.22. The quantitative estimate of drug-likeness (QED) is 0.353. The number of rotatable bonds is 11. The van der Waals surface area contributed by atoms with Gasteiger partial charge in [-0.25, -0.2) is 9.59 Å². The smallest absolute Gasteiger partial charge is 0.408 e. The van der Waals surface area contributed by atoms with Gasteiger partial charge >= 0.3 is 12.1 Å². The molecule has 2 rings (SSSR count). The number of hydrogen-bond donors (Lipinski definition) is 3. The standard InChI is InChI=1S/C31H43N3O7/c1-21(32-29(39)41-31(5,6)7)27(37)34(18-19-35)25(23-16-12-9-13-17-23)26(36)33-24(28(38)40-30(2,3)4)20-22-14-10-8-11-15-22/h8-17,21,24-25,35H,18-20H2,1-7H3,(H,32,39)(H,33,36). The average molecular weight is 570 g/mol. The number of aliphatic hydroxyl groups is 1. The first-order valence-corrected chi connectivity index (χ1v) is 13.6. The van der Waals surface area contributed by atoms with Crippen molar-refractivity contribution in [3.05, 3.63) is 71.8 Å². The summed E-state index contributed by atoms with van der Waals surface area (Å²) in [7, 11) is 0. The second kappa shape index (κ2) is 14.6. The van der Waals surface area contributed by atoms with Gasteiger partial charge in [0.2, 0.25) is 11.8 Å². The summed E-state index contributed by atoms with van der Waals surface area (Å²) < 4.78 is 10.9. The van der Waals surface area contributed by atoms with E-state index in [0.717, 1.165) is 5.56 Å². The Bertz CT molecular complexity index is 1160. The van der Waals surface area contributed by atoms with Crippen molar-refractivity contribution >= 4 is 23.9 Å². The second-order valence-corrected chi connectivity index (χ2v) is 11.7. The number of amides is 3. The van der Waals surface area contributed by atoms with Crippen molar-refractivity contribution in [3.63, 3.8) is 0 Å². The summed E-state index contributed by atoms with van der Waals surface area (Å²) in [6.07, 6.45) is -0.635. The molecule has 0 aliphatic rings. The zero-order valence-corrected chi connectivity index (χ0v) is 25.0. The van der Waals surface area contributed by atoms with Crippen LogP contribution in [0.15, 0.2) is 60.7 Å². The minimum Gasteiger partial charge on any atom is -0.458 e. The molecule has 0 saturated carbocycles. The van der Waals surface area contributed by atoms with E-state index in [2.05, 4.69) is 10.6 Å². The number of carbonyl (C=O) groups excluding carboxylic acids is 4. The molecule has 3 unspecified atom stereocenters. The Labute approximate surface area is 242 Å². The highest BCUT2D eigenvalue weighted by Gasteiger charge is 2.37. The maximum absolute atomic E-state index is 14.0. The van der Waals surface area contributed by atoms with Gasteiger partial charge in [0.25, 0.3) is 0 Å². The molecule has 0 spiro atoms. The van der Waals surface area contributed by atoms with Crippen molar-refractivity contribution in [3.8, 4) is 0 Å². The molecule has 3 N–H and O–H groups in total. The SMILES string of the molecule is CC(NC(=O)OC(C)(C)C)C(=O)N(CCO)C(C(=O)NC(Cc1ccccc1)C(=O)OC(C)(C)C)c1ccccc1. The number of nitrogens with zero attached hydrogens (tertiary/aromatic N) is 1. The van der Waals surface area contributed by atoms with Gasteiger partial charge in [-0.15, -0.1) is 0 Å². The summed E-state index contributed by atoms with van der Waals surface area (Å²) in [6.45, 7) is 11.1. The Morgan fingerprint density at radius 2 is 1.37 bits per heavy atom. The molecule has 3 amide bonds. The molecule has 0 aliphatic carbocycles. The van der Waals surface area contributed by atoms with Crippen molar-refractivity contribution in [1.29, 1.82) is 0 Å². The van der Waals surface area contributed by atoms with Crippen LogP contribution in [0.1, 0.15) is 65.6 Å². The molecule has 2 aromatic carbocycles. The van der Waals surface area contributed by atoms with Gasteiger partial charge in [0.1, 0.15) is 29.3 Å². The van der Waals surface area contributed by atoms with Gasteiger partial charge in [-0.1, -0.05) is 60.7 Å². The zero-order chi connectivity index (χ0) is 30.8. The fourth-order valence-corrected chi connectivity index (χ4v) is 4.04. The number of aliphatic hydroxyl groups excluding tert-OH is 1. The average Bonchev–Trinajstić information content (AvgIpc) is 2.86. The van der Waals surface area contributed by atoms with Gasteiger partial charge in [-0.2, -0.15) is 0 Å². The number of benzene rings is 2. The lowest BCUT2D eigenvalue weighted by molar-refractivity contribution is -0.159. The molecule has 3 atom stereocenters. The maximum Gasteiger partial charge on any atom is 0.408 e. The van der Waals surface area contributed by atoms with E-state index in [1.165, 1.54) is 11.8 Å². The molecule has 224 valence electrons. The molecule has 2 aromatic rings. The van der Waals surface area contributed by atoms with Crippen LogP contribution in [-0.2, 0) is 30.3 Å². The van der Waals surface area contributed by atoms with Gasteiger partial charge in [-0.3, -0.25) is 9.59 Å². The fourth-order valence-electron chi connectivity index (χ4n) is 4.04. The van der Waals surface area contributed by atoms with E-state index in [1.54, 1.807) is 71.9 Å². The van der Waals surface area contributed by atoms with Gasteiger partial charge in [0, 0.05) is 13.0 Å². The van der Waals surface area contributed by atoms with Crippen molar-refractivity contribution < 1.29 is 33.8 Å². The van der Waals surface area contributed by atoms with E-state index in [1.807, 2.05) is 30.3 Å². The first-order valence-electron chi connectivity index (χ1n) is 13.6. The maximum atomic E-state index is 14.0. The van der Waals surface area contributed by atoms with E-state index in [9.17, 15) is 24.3 Å². The monoisotopic (exact) mass is 569 g/mol. The van der Waals surface area contributed by atoms with Crippen LogP contribution in [0.3, 0.4) is 0 Å². The number of carbonyl (C=O) groups is 4. The molecule has 10 heteroatoms. The molecule has 0 radical (unpaired) electrons. The van der Waals surface area contributed by atoms with Crippen LogP contribution in [0.2, 0.25) is 0 Å². The lowest BCUT2D eigenvalue weighted by Crippen LogP contribution is -2.54. The number of nitrogens with one attached hydrogen (secondary N) is 2. The van der Waals surface area contributed by atoms with E-state index < -0.39 is 59.8 Å². The van der Waals surface area contributed by atoms with E-state index in [-0.39, 0.29) is 13.0 Å². The number of esters is 1.